The summed E-state index contributed by atoms with van der Waals surface area (Å²) in [6.45, 7) is 2.07. The molecule has 2 N–H and O–H groups in total. The van der Waals surface area contributed by atoms with Crippen LogP contribution >= 0.6 is 0 Å². The van der Waals surface area contributed by atoms with Crippen LogP contribution in [0.15, 0.2) is 48.5 Å². The zero-order valence-corrected chi connectivity index (χ0v) is 16.0. The average molecular weight is 368 g/mol. The minimum absolute atomic E-state index is 0.0672. The lowest BCUT2D eigenvalue weighted by molar-refractivity contribution is -0.121. The molecule has 3 rings (SSSR count). The van der Waals surface area contributed by atoms with Crippen molar-refractivity contribution < 1.29 is 14.3 Å². The molecule has 2 aromatic carbocycles. The van der Waals surface area contributed by atoms with E-state index in [-0.39, 0.29) is 11.9 Å². The van der Waals surface area contributed by atoms with Crippen molar-refractivity contribution in [3.63, 3.8) is 0 Å². The molecule has 0 aromatic heterocycles. The van der Waals surface area contributed by atoms with Crippen molar-refractivity contribution in [3.8, 4) is 11.5 Å². The third-order valence-corrected chi connectivity index (χ3v) is 5.10. The minimum atomic E-state index is -0.246. The summed E-state index contributed by atoms with van der Waals surface area (Å²) >= 11 is 0. The lowest BCUT2D eigenvalue weighted by Gasteiger charge is -2.21. The summed E-state index contributed by atoms with van der Waals surface area (Å²) in [5, 5.41) is 6.56. The second kappa shape index (κ2) is 9.42. The molecular weight excluding hydrogens is 340 g/mol. The summed E-state index contributed by atoms with van der Waals surface area (Å²) in [4.78, 5) is 12.7. The van der Waals surface area contributed by atoms with Crippen LogP contribution in [0.25, 0.3) is 0 Å². The predicted molar refractivity (Wildman–Crippen MR) is 106 cm³/mol. The summed E-state index contributed by atoms with van der Waals surface area (Å²) in [6.07, 6.45) is 2.61. The van der Waals surface area contributed by atoms with Crippen LogP contribution < -0.4 is 20.1 Å². The molecule has 2 aromatic rings. The van der Waals surface area contributed by atoms with E-state index in [2.05, 4.69) is 10.6 Å². The van der Waals surface area contributed by atoms with Gasteiger partial charge in [0.25, 0.3) is 0 Å². The fraction of sp³-hybridized carbons (Fsp3) is 0.409. The smallest absolute Gasteiger partial charge is 0.220 e. The van der Waals surface area contributed by atoms with Crippen LogP contribution in [-0.4, -0.2) is 33.2 Å². The van der Waals surface area contributed by atoms with Crippen molar-refractivity contribution in [1.29, 1.82) is 0 Å². The molecule has 0 saturated carbocycles. The van der Waals surface area contributed by atoms with Gasteiger partial charge in [-0.1, -0.05) is 24.3 Å². The molecule has 1 unspecified atom stereocenters. The van der Waals surface area contributed by atoms with Crippen molar-refractivity contribution in [3.05, 3.63) is 59.7 Å². The van der Waals surface area contributed by atoms with Crippen LogP contribution in [0.5, 0.6) is 11.5 Å². The summed E-state index contributed by atoms with van der Waals surface area (Å²) in [5.74, 6) is 2.21. The molecule has 1 amide bonds. The molecule has 1 aliphatic rings. The number of ether oxygens (including phenoxy) is 2. The Morgan fingerprint density at radius 3 is 2.26 bits per heavy atom. The monoisotopic (exact) mass is 368 g/mol. The summed E-state index contributed by atoms with van der Waals surface area (Å²) < 4.78 is 10.7. The molecule has 0 spiro atoms. The Labute approximate surface area is 161 Å². The van der Waals surface area contributed by atoms with Gasteiger partial charge < -0.3 is 20.1 Å². The van der Waals surface area contributed by atoms with Gasteiger partial charge >= 0.3 is 0 Å². The summed E-state index contributed by atoms with van der Waals surface area (Å²) in [7, 11) is 3.29. The molecule has 144 valence electrons. The van der Waals surface area contributed by atoms with E-state index in [1.54, 1.807) is 14.2 Å². The Morgan fingerprint density at radius 1 is 1.11 bits per heavy atom. The molecule has 5 nitrogen and oxygen atoms in total. The Hall–Kier alpha value is -2.53. The number of benzene rings is 2. The van der Waals surface area contributed by atoms with Gasteiger partial charge in [0.1, 0.15) is 11.5 Å². The van der Waals surface area contributed by atoms with Crippen molar-refractivity contribution in [2.24, 2.45) is 5.92 Å². The number of carbonyl (C=O) groups is 1. The second-order valence-corrected chi connectivity index (χ2v) is 6.95. The van der Waals surface area contributed by atoms with Crippen LogP contribution in [0.3, 0.4) is 0 Å². The van der Waals surface area contributed by atoms with Gasteiger partial charge in [0.2, 0.25) is 5.91 Å². The van der Waals surface area contributed by atoms with E-state index in [0.29, 0.717) is 12.3 Å². The number of rotatable bonds is 8. The van der Waals surface area contributed by atoms with Gasteiger partial charge in [-0.05, 0) is 67.2 Å². The molecule has 1 aliphatic heterocycles. The van der Waals surface area contributed by atoms with Crippen molar-refractivity contribution >= 4 is 5.91 Å². The van der Waals surface area contributed by atoms with Crippen LogP contribution in [0, 0.1) is 5.92 Å². The number of nitrogens with one attached hydrogen (secondary N) is 2. The Balaban J connectivity index is 1.79. The van der Waals surface area contributed by atoms with Gasteiger partial charge in [-0.15, -0.1) is 0 Å². The SMILES string of the molecule is COc1cccc(C(NC(=O)CCC2CCNC2)c2cccc(OC)c2)c1. The van der Waals surface area contributed by atoms with Crippen LogP contribution in [-0.2, 0) is 4.79 Å². The third kappa shape index (κ3) is 5.23. The van der Waals surface area contributed by atoms with Crippen LogP contribution in [0.4, 0.5) is 0 Å². The first-order valence-electron chi connectivity index (χ1n) is 9.47. The first-order chi connectivity index (χ1) is 13.2. The fourth-order valence-corrected chi connectivity index (χ4v) is 3.53. The van der Waals surface area contributed by atoms with Gasteiger partial charge in [-0.2, -0.15) is 0 Å². The lowest BCUT2D eigenvalue weighted by Crippen LogP contribution is -2.29. The van der Waals surface area contributed by atoms with E-state index in [9.17, 15) is 4.79 Å². The van der Waals surface area contributed by atoms with Gasteiger partial charge in [-0.25, -0.2) is 0 Å². The predicted octanol–water partition coefficient (Wildman–Crippen LogP) is 3.30. The molecule has 0 bridgehead atoms. The number of carbonyl (C=O) groups excluding carboxylic acids is 1. The van der Waals surface area contributed by atoms with E-state index >= 15 is 0 Å². The maximum Gasteiger partial charge on any atom is 0.220 e. The number of amides is 1. The van der Waals surface area contributed by atoms with E-state index in [1.165, 1.54) is 0 Å². The van der Waals surface area contributed by atoms with E-state index in [1.807, 2.05) is 48.5 Å². The number of methoxy groups -OCH3 is 2. The Morgan fingerprint density at radius 2 is 1.74 bits per heavy atom. The van der Waals surface area contributed by atoms with E-state index < -0.39 is 0 Å². The topological polar surface area (TPSA) is 59.6 Å². The zero-order chi connectivity index (χ0) is 19.1. The molecule has 0 aliphatic carbocycles. The van der Waals surface area contributed by atoms with Gasteiger partial charge in [0.05, 0.1) is 20.3 Å². The zero-order valence-electron chi connectivity index (χ0n) is 16.0. The number of hydrogen-bond acceptors (Lipinski definition) is 4. The van der Waals surface area contributed by atoms with E-state index in [4.69, 9.17) is 9.47 Å². The highest BCUT2D eigenvalue weighted by molar-refractivity contribution is 5.77. The molecule has 1 atom stereocenters. The largest absolute Gasteiger partial charge is 0.497 e. The highest BCUT2D eigenvalue weighted by Gasteiger charge is 2.20. The highest BCUT2D eigenvalue weighted by Crippen LogP contribution is 2.28. The quantitative estimate of drug-likeness (QED) is 0.751. The van der Waals surface area contributed by atoms with Crippen molar-refractivity contribution in [2.45, 2.75) is 25.3 Å². The maximum absolute atomic E-state index is 12.7. The summed E-state index contributed by atoms with van der Waals surface area (Å²) in [5.41, 5.74) is 1.97. The van der Waals surface area contributed by atoms with Gasteiger partial charge in [0, 0.05) is 6.42 Å². The lowest BCUT2D eigenvalue weighted by atomic mass is 9.97. The molecule has 1 heterocycles. The molecular formula is C22H28N2O3. The fourth-order valence-electron chi connectivity index (χ4n) is 3.53. The first kappa shape index (κ1) is 19.2. The van der Waals surface area contributed by atoms with Gasteiger partial charge in [-0.3, -0.25) is 4.79 Å². The molecule has 0 radical (unpaired) electrons. The molecule has 5 heteroatoms. The Kier molecular flexibility index (Phi) is 6.71. The average Bonchev–Trinajstić information content (AvgIpc) is 3.24. The second-order valence-electron chi connectivity index (χ2n) is 6.95. The van der Waals surface area contributed by atoms with Crippen molar-refractivity contribution in [2.75, 3.05) is 27.3 Å². The molecule has 1 fully saturated rings. The highest BCUT2D eigenvalue weighted by atomic mass is 16.5. The minimum Gasteiger partial charge on any atom is -0.497 e. The van der Waals surface area contributed by atoms with E-state index in [0.717, 1.165) is 48.6 Å². The maximum atomic E-state index is 12.7. The summed E-state index contributed by atoms with van der Waals surface area (Å²) in [6, 6.07) is 15.4. The third-order valence-electron chi connectivity index (χ3n) is 5.10. The van der Waals surface area contributed by atoms with Crippen LogP contribution in [0.1, 0.15) is 36.4 Å². The molecule has 27 heavy (non-hydrogen) atoms. The molecule has 1 saturated heterocycles. The Bertz CT molecular complexity index is 709. The van der Waals surface area contributed by atoms with Crippen molar-refractivity contribution in [1.82, 2.24) is 10.6 Å². The normalized spacial score (nSPS) is 16.3. The first-order valence-corrected chi connectivity index (χ1v) is 9.47. The standard InChI is InChI=1S/C22H28N2O3/c1-26-19-7-3-5-17(13-19)22(18-6-4-8-20(14-18)27-2)24-21(25)10-9-16-11-12-23-15-16/h3-8,13-14,16,22-23H,9-12,15H2,1-2H3,(H,24,25). The number of hydrogen-bond donors (Lipinski definition) is 2. The van der Waals surface area contributed by atoms with Gasteiger partial charge in [0.15, 0.2) is 0 Å². The van der Waals surface area contributed by atoms with Crippen LogP contribution in [0.2, 0.25) is 0 Å².